The van der Waals surface area contributed by atoms with Crippen LogP contribution in [0.5, 0.6) is 0 Å². The summed E-state index contributed by atoms with van der Waals surface area (Å²) in [6, 6.07) is 9.83. The second-order valence-corrected chi connectivity index (χ2v) is 4.87. The number of nitro groups is 1. The molecule has 0 amide bonds. The van der Waals surface area contributed by atoms with Gasteiger partial charge in [0.25, 0.3) is 10.9 Å². The number of hydrogen-bond donors (Lipinski definition) is 1. The summed E-state index contributed by atoms with van der Waals surface area (Å²) in [7, 11) is 0. The van der Waals surface area contributed by atoms with E-state index in [1.165, 1.54) is 12.1 Å². The minimum Gasteiger partial charge on any atom is -0.431 e. The minimum absolute atomic E-state index is 0.0813. The Bertz CT molecular complexity index is 769. The first kappa shape index (κ1) is 12.4. The van der Waals surface area contributed by atoms with Crippen LogP contribution < -0.4 is 5.73 Å². The van der Waals surface area contributed by atoms with E-state index in [1.807, 2.05) is 18.2 Å². The van der Waals surface area contributed by atoms with Gasteiger partial charge in [0.15, 0.2) is 5.58 Å². The molecule has 3 rings (SSSR count). The van der Waals surface area contributed by atoms with Crippen LogP contribution in [0.15, 0.2) is 51.1 Å². The highest BCUT2D eigenvalue weighted by Gasteiger charge is 2.13. The zero-order valence-electron chi connectivity index (χ0n) is 10.0. The number of para-hydroxylation sites is 2. The lowest BCUT2D eigenvalue weighted by atomic mass is 10.3. The zero-order valence-corrected chi connectivity index (χ0v) is 10.8. The van der Waals surface area contributed by atoms with Crippen molar-refractivity contribution in [2.45, 2.75) is 10.2 Å². The van der Waals surface area contributed by atoms with E-state index in [2.05, 4.69) is 9.97 Å². The Morgan fingerprint density at radius 2 is 2.05 bits per heavy atom. The molecule has 0 radical (unpaired) electrons. The van der Waals surface area contributed by atoms with Crippen molar-refractivity contribution in [2.75, 3.05) is 5.73 Å². The van der Waals surface area contributed by atoms with Gasteiger partial charge in [0.05, 0.1) is 11.0 Å². The van der Waals surface area contributed by atoms with E-state index in [4.69, 9.17) is 10.2 Å². The fourth-order valence-corrected chi connectivity index (χ4v) is 2.44. The molecule has 8 heteroatoms. The summed E-state index contributed by atoms with van der Waals surface area (Å²) < 4.78 is 5.51. The number of fused-ring (bicyclic) bond motifs is 1. The number of pyridine rings is 1. The maximum Gasteiger partial charge on any atom is 0.275 e. The predicted octanol–water partition coefficient (Wildman–Crippen LogP) is 2.86. The molecule has 0 saturated heterocycles. The molecule has 20 heavy (non-hydrogen) atoms. The van der Waals surface area contributed by atoms with Crippen LogP contribution in [0, 0.1) is 10.1 Å². The molecule has 2 heterocycles. The van der Waals surface area contributed by atoms with Crippen molar-refractivity contribution >= 4 is 34.4 Å². The van der Waals surface area contributed by atoms with Crippen LogP contribution in [0.3, 0.4) is 0 Å². The van der Waals surface area contributed by atoms with E-state index in [0.717, 1.165) is 11.8 Å². The van der Waals surface area contributed by atoms with Gasteiger partial charge in [0.2, 0.25) is 0 Å². The van der Waals surface area contributed by atoms with E-state index in [0.29, 0.717) is 21.3 Å². The molecule has 0 aliphatic carbocycles. The Morgan fingerprint density at radius 3 is 2.80 bits per heavy atom. The monoisotopic (exact) mass is 288 g/mol. The van der Waals surface area contributed by atoms with Gasteiger partial charge in [-0.25, -0.2) is 9.97 Å². The Morgan fingerprint density at radius 1 is 1.25 bits per heavy atom. The molecule has 0 aliphatic heterocycles. The predicted molar refractivity (Wildman–Crippen MR) is 73.4 cm³/mol. The number of nitrogen functional groups attached to an aromatic ring is 1. The van der Waals surface area contributed by atoms with Crippen molar-refractivity contribution in [1.29, 1.82) is 0 Å². The first-order chi connectivity index (χ1) is 9.61. The molecule has 0 aliphatic rings. The molecule has 0 fully saturated rings. The molecule has 1 aromatic carbocycles. The lowest BCUT2D eigenvalue weighted by molar-refractivity contribution is -0.385. The van der Waals surface area contributed by atoms with Crippen molar-refractivity contribution in [3.8, 4) is 0 Å². The van der Waals surface area contributed by atoms with Crippen LogP contribution in [-0.4, -0.2) is 14.9 Å². The molecule has 0 saturated carbocycles. The van der Waals surface area contributed by atoms with Gasteiger partial charge < -0.3 is 10.2 Å². The van der Waals surface area contributed by atoms with Crippen molar-refractivity contribution in [1.82, 2.24) is 9.97 Å². The van der Waals surface area contributed by atoms with Crippen LogP contribution in [-0.2, 0) is 0 Å². The molecular weight excluding hydrogens is 280 g/mol. The third-order valence-electron chi connectivity index (χ3n) is 2.48. The molecule has 100 valence electrons. The van der Waals surface area contributed by atoms with Crippen molar-refractivity contribution in [3.63, 3.8) is 0 Å². The smallest absolute Gasteiger partial charge is 0.275 e. The van der Waals surface area contributed by atoms with Crippen LogP contribution in [0.4, 0.5) is 11.5 Å². The minimum atomic E-state index is -0.520. The van der Waals surface area contributed by atoms with Gasteiger partial charge in [-0.15, -0.1) is 0 Å². The number of oxazole rings is 1. The molecular formula is C12H8N4O3S. The number of rotatable bonds is 3. The van der Waals surface area contributed by atoms with Gasteiger partial charge in [-0.1, -0.05) is 12.1 Å². The van der Waals surface area contributed by atoms with E-state index >= 15 is 0 Å². The Hall–Kier alpha value is -2.61. The van der Waals surface area contributed by atoms with E-state index < -0.39 is 4.92 Å². The summed E-state index contributed by atoms with van der Waals surface area (Å²) in [5.74, 6) is 0.0813. The Balaban J connectivity index is 1.96. The molecule has 2 aromatic heterocycles. The summed E-state index contributed by atoms with van der Waals surface area (Å²) in [4.78, 5) is 18.5. The Kier molecular flexibility index (Phi) is 2.99. The van der Waals surface area contributed by atoms with Gasteiger partial charge in [-0.2, -0.15) is 0 Å². The number of benzene rings is 1. The highest BCUT2D eigenvalue weighted by atomic mass is 32.2. The Labute approximate surface area is 117 Å². The highest BCUT2D eigenvalue weighted by Crippen LogP contribution is 2.31. The van der Waals surface area contributed by atoms with Gasteiger partial charge in [-0.05, 0) is 23.9 Å². The SMILES string of the molecule is Nc1cc([N+](=O)[O-])cc(Sc2nc3ccccc3o2)n1. The van der Waals surface area contributed by atoms with Gasteiger partial charge in [0, 0.05) is 6.07 Å². The lowest BCUT2D eigenvalue weighted by Crippen LogP contribution is -1.95. The second kappa shape index (κ2) is 4.82. The zero-order chi connectivity index (χ0) is 14.1. The van der Waals surface area contributed by atoms with Crippen molar-refractivity contribution in [3.05, 3.63) is 46.5 Å². The topological polar surface area (TPSA) is 108 Å². The van der Waals surface area contributed by atoms with Gasteiger partial charge >= 0.3 is 0 Å². The van der Waals surface area contributed by atoms with Crippen molar-refractivity contribution < 1.29 is 9.34 Å². The third kappa shape index (κ3) is 2.41. The summed E-state index contributed by atoms with van der Waals surface area (Å²) in [5.41, 5.74) is 6.79. The quantitative estimate of drug-likeness (QED) is 0.583. The summed E-state index contributed by atoms with van der Waals surface area (Å²) in [5, 5.41) is 11.5. The maximum absolute atomic E-state index is 10.8. The number of nitrogens with two attached hydrogens (primary N) is 1. The highest BCUT2D eigenvalue weighted by molar-refractivity contribution is 7.99. The standard InChI is InChI=1S/C12H8N4O3S/c13-10-5-7(16(17)18)6-11(15-10)20-12-14-8-3-1-2-4-9(8)19-12/h1-6H,(H2,13,15). The number of nitrogens with zero attached hydrogens (tertiary/aromatic N) is 3. The van der Waals surface area contributed by atoms with Crippen molar-refractivity contribution in [2.24, 2.45) is 0 Å². The first-order valence-electron chi connectivity index (χ1n) is 5.57. The van der Waals surface area contributed by atoms with E-state index in [-0.39, 0.29) is 11.5 Å². The third-order valence-corrected chi connectivity index (χ3v) is 3.25. The number of aromatic nitrogens is 2. The average molecular weight is 288 g/mol. The first-order valence-corrected chi connectivity index (χ1v) is 6.39. The molecule has 3 aromatic rings. The average Bonchev–Trinajstić information content (AvgIpc) is 2.79. The van der Waals surface area contributed by atoms with Crippen LogP contribution in [0.1, 0.15) is 0 Å². The summed E-state index contributed by atoms with van der Waals surface area (Å²) >= 11 is 1.09. The lowest BCUT2D eigenvalue weighted by Gasteiger charge is -1.98. The van der Waals surface area contributed by atoms with Crippen LogP contribution in [0.2, 0.25) is 0 Å². The molecule has 0 spiro atoms. The fraction of sp³-hybridized carbons (Fsp3) is 0. The normalized spacial score (nSPS) is 10.8. The molecule has 2 N–H and O–H groups in total. The van der Waals surface area contributed by atoms with Crippen LogP contribution in [0.25, 0.3) is 11.1 Å². The van der Waals surface area contributed by atoms with Gasteiger partial charge in [-0.3, -0.25) is 10.1 Å². The largest absolute Gasteiger partial charge is 0.431 e. The number of anilines is 1. The second-order valence-electron chi connectivity index (χ2n) is 3.90. The summed E-state index contributed by atoms with van der Waals surface area (Å²) in [6.45, 7) is 0. The molecule has 0 bridgehead atoms. The fourth-order valence-electron chi connectivity index (χ4n) is 1.65. The summed E-state index contributed by atoms with van der Waals surface area (Å²) in [6.07, 6.45) is 0. The van der Waals surface area contributed by atoms with E-state index in [9.17, 15) is 10.1 Å². The van der Waals surface area contributed by atoms with Crippen LogP contribution >= 0.6 is 11.8 Å². The number of hydrogen-bond acceptors (Lipinski definition) is 7. The van der Waals surface area contributed by atoms with E-state index in [1.54, 1.807) is 6.07 Å². The molecule has 0 atom stereocenters. The molecule has 7 nitrogen and oxygen atoms in total. The maximum atomic E-state index is 10.8. The molecule has 0 unspecified atom stereocenters. The van der Waals surface area contributed by atoms with Gasteiger partial charge in [0.1, 0.15) is 16.4 Å².